The van der Waals surface area contributed by atoms with E-state index in [0.717, 1.165) is 23.3 Å². The van der Waals surface area contributed by atoms with Gasteiger partial charge in [-0.3, -0.25) is 9.69 Å². The number of aryl methyl sites for hydroxylation is 2. The molecule has 0 radical (unpaired) electrons. The molecule has 0 spiro atoms. The molecule has 0 bridgehead atoms. The SMILES string of the molecule is Cc1cccc(CC[C@H](CCC(F)(F)F)N2CC[C@@H](CC(=O)O)C[C@H]2c2ccc(C(F)(F)F)cc2)c1. The molecule has 0 saturated carbocycles. The van der Waals surface area contributed by atoms with Gasteiger partial charge in [0, 0.05) is 24.9 Å². The minimum absolute atomic E-state index is 0.0819. The Hall–Kier alpha value is -2.55. The molecule has 0 aromatic heterocycles. The molecule has 3 nitrogen and oxygen atoms in total. The van der Waals surface area contributed by atoms with Crippen LogP contribution in [-0.4, -0.2) is 34.7 Å². The van der Waals surface area contributed by atoms with Gasteiger partial charge in [-0.15, -0.1) is 0 Å². The zero-order valence-corrected chi connectivity index (χ0v) is 20.1. The number of likely N-dealkylation sites (tertiary alicyclic amines) is 1. The molecule has 2 aromatic rings. The van der Waals surface area contributed by atoms with E-state index in [9.17, 15) is 36.2 Å². The molecular formula is C27H31F6NO2. The molecule has 1 N–H and O–H groups in total. The molecule has 0 unspecified atom stereocenters. The van der Waals surface area contributed by atoms with Crippen molar-refractivity contribution in [3.05, 3.63) is 70.8 Å². The van der Waals surface area contributed by atoms with Crippen LogP contribution in [0.3, 0.4) is 0 Å². The number of alkyl halides is 6. The highest BCUT2D eigenvalue weighted by atomic mass is 19.4. The Morgan fingerprint density at radius 1 is 1.06 bits per heavy atom. The summed E-state index contributed by atoms with van der Waals surface area (Å²) in [5, 5.41) is 9.27. The highest BCUT2D eigenvalue weighted by Gasteiger charge is 2.37. The fourth-order valence-electron chi connectivity index (χ4n) is 5.15. The third-order valence-electron chi connectivity index (χ3n) is 6.92. The summed E-state index contributed by atoms with van der Waals surface area (Å²) in [5.74, 6) is -1.17. The predicted molar refractivity (Wildman–Crippen MR) is 124 cm³/mol. The number of hydrogen-bond acceptors (Lipinski definition) is 2. The maximum absolute atomic E-state index is 13.2. The lowest BCUT2D eigenvalue weighted by Gasteiger charge is -2.44. The molecule has 1 heterocycles. The molecule has 0 aliphatic carbocycles. The van der Waals surface area contributed by atoms with Gasteiger partial charge >= 0.3 is 18.3 Å². The van der Waals surface area contributed by atoms with Crippen LogP contribution in [0.15, 0.2) is 48.5 Å². The largest absolute Gasteiger partial charge is 0.481 e. The molecular weight excluding hydrogens is 484 g/mol. The van der Waals surface area contributed by atoms with Crippen molar-refractivity contribution in [3.8, 4) is 0 Å². The number of rotatable bonds is 9. The smallest absolute Gasteiger partial charge is 0.416 e. The van der Waals surface area contributed by atoms with E-state index < -0.39 is 42.4 Å². The number of carboxylic acids is 1. The molecule has 1 fully saturated rings. The van der Waals surface area contributed by atoms with E-state index in [1.54, 1.807) is 0 Å². The Morgan fingerprint density at radius 3 is 2.33 bits per heavy atom. The van der Waals surface area contributed by atoms with E-state index in [4.69, 9.17) is 0 Å². The van der Waals surface area contributed by atoms with Crippen LogP contribution in [0.4, 0.5) is 26.3 Å². The maximum Gasteiger partial charge on any atom is 0.416 e. The number of benzene rings is 2. The van der Waals surface area contributed by atoms with Crippen molar-refractivity contribution in [2.75, 3.05) is 6.54 Å². The number of aliphatic carboxylic acids is 1. The third-order valence-corrected chi connectivity index (χ3v) is 6.92. The highest BCUT2D eigenvalue weighted by molar-refractivity contribution is 5.67. The van der Waals surface area contributed by atoms with Gasteiger partial charge in [-0.05, 0) is 74.8 Å². The highest BCUT2D eigenvalue weighted by Crippen LogP contribution is 2.40. The Labute approximate surface area is 207 Å². The first-order chi connectivity index (χ1) is 16.8. The number of carboxylic acid groups (broad SMARTS) is 1. The first kappa shape index (κ1) is 28.0. The second-order valence-corrected chi connectivity index (χ2v) is 9.70. The number of halogens is 6. The number of piperidine rings is 1. The number of nitrogens with zero attached hydrogens (tertiary/aromatic N) is 1. The molecule has 3 atom stereocenters. The van der Waals surface area contributed by atoms with Crippen molar-refractivity contribution >= 4 is 5.97 Å². The standard InChI is InChI=1S/C27H31F6NO2/c1-18-3-2-4-19(15-18)5-10-23(11-13-26(28,29)30)34-14-12-20(17-25(35)36)16-24(34)21-6-8-22(9-7-21)27(31,32)33/h2-4,6-9,15,20,23-24H,5,10-14,16-17H2,1H3,(H,35,36)/t20-,23-,24+/m1/s1. The van der Waals surface area contributed by atoms with Gasteiger partial charge < -0.3 is 5.11 Å². The molecule has 1 saturated heterocycles. The lowest BCUT2D eigenvalue weighted by molar-refractivity contribution is -0.141. The summed E-state index contributed by atoms with van der Waals surface area (Å²) in [6, 6.07) is 11.5. The zero-order chi connectivity index (χ0) is 26.5. The van der Waals surface area contributed by atoms with Crippen molar-refractivity contribution in [2.45, 2.75) is 76.3 Å². The van der Waals surface area contributed by atoms with Gasteiger partial charge in [0.15, 0.2) is 0 Å². The first-order valence-electron chi connectivity index (χ1n) is 12.1. The van der Waals surface area contributed by atoms with E-state index >= 15 is 0 Å². The molecule has 9 heteroatoms. The minimum Gasteiger partial charge on any atom is -0.481 e. The summed E-state index contributed by atoms with van der Waals surface area (Å²) >= 11 is 0. The van der Waals surface area contributed by atoms with E-state index in [2.05, 4.69) is 0 Å². The maximum atomic E-state index is 13.2. The van der Waals surface area contributed by atoms with Crippen molar-refractivity contribution in [3.63, 3.8) is 0 Å². The predicted octanol–water partition coefficient (Wildman–Crippen LogP) is 7.59. The van der Waals surface area contributed by atoms with E-state index in [0.29, 0.717) is 37.8 Å². The fraction of sp³-hybridized carbons (Fsp3) is 0.519. The van der Waals surface area contributed by atoms with Crippen LogP contribution in [0.1, 0.15) is 66.8 Å². The van der Waals surface area contributed by atoms with Gasteiger partial charge in [0.2, 0.25) is 0 Å². The Morgan fingerprint density at radius 2 is 1.75 bits per heavy atom. The third kappa shape index (κ3) is 8.25. The zero-order valence-electron chi connectivity index (χ0n) is 20.1. The molecule has 36 heavy (non-hydrogen) atoms. The second-order valence-electron chi connectivity index (χ2n) is 9.70. The number of carbonyl (C=O) groups is 1. The lowest BCUT2D eigenvalue weighted by Crippen LogP contribution is -2.44. The Bertz CT molecular complexity index is 1000. The summed E-state index contributed by atoms with van der Waals surface area (Å²) in [4.78, 5) is 13.3. The molecule has 2 aromatic carbocycles. The van der Waals surface area contributed by atoms with Crippen molar-refractivity contribution < 1.29 is 36.2 Å². The van der Waals surface area contributed by atoms with Crippen LogP contribution in [0.2, 0.25) is 0 Å². The Kier molecular flexibility index (Phi) is 9.08. The average Bonchev–Trinajstić information content (AvgIpc) is 2.78. The summed E-state index contributed by atoms with van der Waals surface area (Å²) in [6.07, 6.45) is -8.09. The first-order valence-corrected chi connectivity index (χ1v) is 12.1. The van der Waals surface area contributed by atoms with Gasteiger partial charge in [0.1, 0.15) is 0 Å². The van der Waals surface area contributed by atoms with Crippen molar-refractivity contribution in [1.82, 2.24) is 4.90 Å². The van der Waals surface area contributed by atoms with Crippen LogP contribution in [0.25, 0.3) is 0 Å². The Balaban J connectivity index is 1.89. The van der Waals surface area contributed by atoms with Crippen molar-refractivity contribution in [2.24, 2.45) is 5.92 Å². The van der Waals surface area contributed by atoms with E-state index in [-0.39, 0.29) is 18.8 Å². The molecule has 198 valence electrons. The minimum atomic E-state index is -4.50. The fourth-order valence-corrected chi connectivity index (χ4v) is 5.15. The van der Waals surface area contributed by atoms with Crippen LogP contribution in [-0.2, 0) is 17.4 Å². The summed E-state index contributed by atoms with van der Waals surface area (Å²) < 4.78 is 78.8. The molecule has 0 amide bonds. The van der Waals surface area contributed by atoms with Crippen LogP contribution < -0.4 is 0 Å². The second kappa shape index (κ2) is 11.7. The summed E-state index contributed by atoms with van der Waals surface area (Å²) in [7, 11) is 0. The summed E-state index contributed by atoms with van der Waals surface area (Å²) in [5.41, 5.74) is 1.82. The topological polar surface area (TPSA) is 40.5 Å². The van der Waals surface area contributed by atoms with Crippen molar-refractivity contribution in [1.29, 1.82) is 0 Å². The van der Waals surface area contributed by atoms with Gasteiger partial charge in [-0.2, -0.15) is 26.3 Å². The van der Waals surface area contributed by atoms with Crippen LogP contribution in [0.5, 0.6) is 0 Å². The van der Waals surface area contributed by atoms with E-state index in [1.807, 2.05) is 36.1 Å². The van der Waals surface area contributed by atoms with Gasteiger partial charge in [-0.25, -0.2) is 0 Å². The molecule has 1 aliphatic heterocycles. The van der Waals surface area contributed by atoms with Crippen LogP contribution >= 0.6 is 0 Å². The molecule has 1 aliphatic rings. The normalized spacial score (nSPS) is 20.3. The monoisotopic (exact) mass is 515 g/mol. The van der Waals surface area contributed by atoms with E-state index in [1.165, 1.54) is 12.1 Å². The lowest BCUT2D eigenvalue weighted by atomic mass is 9.83. The van der Waals surface area contributed by atoms with Gasteiger partial charge in [0.25, 0.3) is 0 Å². The van der Waals surface area contributed by atoms with Gasteiger partial charge in [0.05, 0.1) is 5.56 Å². The average molecular weight is 516 g/mol. The quantitative estimate of drug-likeness (QED) is 0.350. The van der Waals surface area contributed by atoms with Gasteiger partial charge in [-0.1, -0.05) is 42.0 Å². The number of hydrogen-bond donors (Lipinski definition) is 1. The molecule has 3 rings (SSSR count). The van der Waals surface area contributed by atoms with Crippen LogP contribution in [0, 0.1) is 12.8 Å². The summed E-state index contributed by atoms with van der Waals surface area (Å²) in [6.45, 7) is 2.33.